The molecule has 2 aromatic heterocycles. The second kappa shape index (κ2) is 8.23. The molecule has 2 heterocycles. The Labute approximate surface area is 180 Å². The lowest BCUT2D eigenvalue weighted by Crippen LogP contribution is -2.16. The van der Waals surface area contributed by atoms with E-state index in [1.165, 1.54) is 24.3 Å². The summed E-state index contributed by atoms with van der Waals surface area (Å²) in [5, 5.41) is 6.87. The van der Waals surface area contributed by atoms with E-state index in [-0.39, 0.29) is 33.9 Å². The number of anilines is 1. The second-order valence-electron chi connectivity index (χ2n) is 6.76. The molecular weight excluding hydrogens is 426 g/mol. The van der Waals surface area contributed by atoms with Gasteiger partial charge in [-0.15, -0.1) is 0 Å². The predicted octanol–water partition coefficient (Wildman–Crippen LogP) is 5.11. The van der Waals surface area contributed by atoms with Gasteiger partial charge < -0.3 is 5.32 Å². The number of nitrogens with one attached hydrogen (secondary N) is 1. The van der Waals surface area contributed by atoms with Crippen LogP contribution in [0.4, 0.5) is 14.5 Å². The lowest BCUT2D eigenvalue weighted by Gasteiger charge is -2.11. The van der Waals surface area contributed by atoms with Crippen molar-refractivity contribution in [1.29, 1.82) is 0 Å². The summed E-state index contributed by atoms with van der Waals surface area (Å²) in [6, 6.07) is 14.2. The summed E-state index contributed by atoms with van der Waals surface area (Å²) in [6.45, 7) is 1.55. The Kier molecular flexibility index (Phi) is 5.48. The molecule has 0 atom stereocenters. The highest BCUT2D eigenvalue weighted by Gasteiger charge is 2.22. The molecule has 0 fully saturated rings. The molecule has 4 rings (SSSR count). The quantitative estimate of drug-likeness (QED) is 0.437. The van der Waals surface area contributed by atoms with Gasteiger partial charge in [0.25, 0.3) is 12.3 Å². The first-order valence-electron chi connectivity index (χ1n) is 9.19. The van der Waals surface area contributed by atoms with E-state index in [4.69, 9.17) is 11.6 Å². The third kappa shape index (κ3) is 4.02. The standard InChI is InChI=1S/C22H15ClF2N4O2/c1-12-9-18(20(24)25)29-21(27-12)16(11-26-29)22(31)28-17-8-7-14(23)10-15(17)19(30)13-5-3-2-4-6-13/h2-11,20H,1H3,(H,28,31). The van der Waals surface area contributed by atoms with Gasteiger partial charge in [-0.2, -0.15) is 5.10 Å². The van der Waals surface area contributed by atoms with Crippen LogP contribution >= 0.6 is 11.6 Å². The first kappa shape index (κ1) is 20.6. The van der Waals surface area contributed by atoms with Gasteiger partial charge in [-0.3, -0.25) is 9.59 Å². The molecule has 0 aliphatic heterocycles. The number of hydrogen-bond donors (Lipinski definition) is 1. The number of nitrogens with zero attached hydrogens (tertiary/aromatic N) is 3. The Morgan fingerprint density at radius 1 is 1.06 bits per heavy atom. The van der Waals surface area contributed by atoms with Crippen molar-refractivity contribution < 1.29 is 18.4 Å². The number of carbonyl (C=O) groups excluding carboxylic acids is 2. The zero-order valence-corrected chi connectivity index (χ0v) is 16.9. The monoisotopic (exact) mass is 440 g/mol. The number of ketones is 1. The van der Waals surface area contributed by atoms with E-state index in [0.717, 1.165) is 10.7 Å². The van der Waals surface area contributed by atoms with Crippen molar-refractivity contribution in [3.05, 3.63) is 93.9 Å². The van der Waals surface area contributed by atoms with Gasteiger partial charge in [-0.05, 0) is 31.2 Å². The van der Waals surface area contributed by atoms with Crippen LogP contribution in [0, 0.1) is 6.92 Å². The second-order valence-corrected chi connectivity index (χ2v) is 7.19. The zero-order chi connectivity index (χ0) is 22.1. The van der Waals surface area contributed by atoms with E-state index in [0.29, 0.717) is 16.3 Å². The molecule has 0 radical (unpaired) electrons. The third-order valence-electron chi connectivity index (χ3n) is 4.61. The summed E-state index contributed by atoms with van der Waals surface area (Å²) in [5.41, 5.74) is 0.800. The smallest absolute Gasteiger partial charge is 0.280 e. The number of alkyl halides is 2. The number of benzene rings is 2. The minimum atomic E-state index is -2.79. The molecule has 4 aromatic rings. The van der Waals surface area contributed by atoms with Gasteiger partial charge in [0, 0.05) is 21.8 Å². The molecule has 156 valence electrons. The van der Waals surface area contributed by atoms with Crippen LogP contribution < -0.4 is 5.32 Å². The third-order valence-corrected chi connectivity index (χ3v) is 4.84. The van der Waals surface area contributed by atoms with Gasteiger partial charge >= 0.3 is 0 Å². The minimum absolute atomic E-state index is 0.00124. The van der Waals surface area contributed by atoms with Crippen LogP contribution in [0.5, 0.6) is 0 Å². The van der Waals surface area contributed by atoms with Crippen molar-refractivity contribution in [2.45, 2.75) is 13.3 Å². The fourth-order valence-corrected chi connectivity index (χ4v) is 3.35. The van der Waals surface area contributed by atoms with Crippen LogP contribution in [-0.4, -0.2) is 26.3 Å². The molecule has 2 aromatic carbocycles. The molecule has 0 saturated carbocycles. The summed E-state index contributed by atoms with van der Waals surface area (Å²) in [4.78, 5) is 30.1. The minimum Gasteiger partial charge on any atom is -0.321 e. The summed E-state index contributed by atoms with van der Waals surface area (Å²) in [5.74, 6) is -0.968. The number of amides is 1. The van der Waals surface area contributed by atoms with Crippen LogP contribution in [0.1, 0.15) is 44.1 Å². The van der Waals surface area contributed by atoms with Gasteiger partial charge in [0.05, 0.1) is 11.9 Å². The zero-order valence-electron chi connectivity index (χ0n) is 16.1. The lowest BCUT2D eigenvalue weighted by atomic mass is 10.0. The number of halogens is 3. The normalized spacial score (nSPS) is 11.1. The van der Waals surface area contributed by atoms with Crippen LogP contribution in [0.2, 0.25) is 5.02 Å². The molecule has 31 heavy (non-hydrogen) atoms. The molecule has 0 unspecified atom stereocenters. The van der Waals surface area contributed by atoms with Crippen molar-refractivity contribution in [1.82, 2.24) is 14.6 Å². The van der Waals surface area contributed by atoms with Gasteiger partial charge in [-0.25, -0.2) is 18.3 Å². The SMILES string of the molecule is Cc1cc(C(F)F)n2ncc(C(=O)Nc3ccc(Cl)cc3C(=O)c3ccccc3)c2n1. The number of aromatic nitrogens is 3. The van der Waals surface area contributed by atoms with Crippen molar-refractivity contribution in [3.63, 3.8) is 0 Å². The summed E-state index contributed by atoms with van der Waals surface area (Å²) >= 11 is 6.07. The van der Waals surface area contributed by atoms with E-state index in [2.05, 4.69) is 15.4 Å². The fourth-order valence-electron chi connectivity index (χ4n) is 3.18. The maximum Gasteiger partial charge on any atom is 0.280 e. The van der Waals surface area contributed by atoms with Gasteiger partial charge in [-0.1, -0.05) is 41.9 Å². The molecular formula is C22H15ClF2N4O2. The molecule has 6 nitrogen and oxygen atoms in total. The Bertz CT molecular complexity index is 1310. The fraction of sp³-hybridized carbons (Fsp3) is 0.0909. The highest BCUT2D eigenvalue weighted by molar-refractivity contribution is 6.31. The van der Waals surface area contributed by atoms with Crippen LogP contribution in [-0.2, 0) is 0 Å². The van der Waals surface area contributed by atoms with Crippen LogP contribution in [0.3, 0.4) is 0 Å². The number of fused-ring (bicyclic) bond motifs is 1. The van der Waals surface area contributed by atoms with E-state index in [1.807, 2.05) is 0 Å². The summed E-state index contributed by atoms with van der Waals surface area (Å²) in [7, 11) is 0. The largest absolute Gasteiger partial charge is 0.321 e. The maximum atomic E-state index is 13.3. The van der Waals surface area contributed by atoms with Crippen LogP contribution in [0.25, 0.3) is 5.65 Å². The summed E-state index contributed by atoms with van der Waals surface area (Å²) < 4.78 is 27.6. The Morgan fingerprint density at radius 2 is 1.81 bits per heavy atom. The predicted molar refractivity (Wildman–Crippen MR) is 112 cm³/mol. The topological polar surface area (TPSA) is 76.4 Å². The van der Waals surface area contributed by atoms with Crippen molar-refractivity contribution >= 4 is 34.6 Å². The van der Waals surface area contributed by atoms with E-state index in [1.54, 1.807) is 37.3 Å². The number of aryl methyl sites for hydroxylation is 1. The van der Waals surface area contributed by atoms with Crippen molar-refractivity contribution in [3.8, 4) is 0 Å². The van der Waals surface area contributed by atoms with E-state index in [9.17, 15) is 18.4 Å². The first-order chi connectivity index (χ1) is 14.8. The van der Waals surface area contributed by atoms with Gasteiger partial charge in [0.2, 0.25) is 0 Å². The number of rotatable bonds is 5. The number of hydrogen-bond acceptors (Lipinski definition) is 4. The molecule has 0 aliphatic carbocycles. The van der Waals surface area contributed by atoms with Crippen molar-refractivity contribution in [2.75, 3.05) is 5.32 Å². The molecule has 9 heteroatoms. The molecule has 1 N–H and O–H groups in total. The Balaban J connectivity index is 1.73. The van der Waals surface area contributed by atoms with Crippen LogP contribution in [0.15, 0.2) is 60.8 Å². The Hall–Kier alpha value is -3.65. The van der Waals surface area contributed by atoms with E-state index < -0.39 is 12.3 Å². The number of carbonyl (C=O) groups is 2. The molecule has 1 amide bonds. The molecule has 0 spiro atoms. The van der Waals surface area contributed by atoms with E-state index >= 15 is 0 Å². The summed E-state index contributed by atoms with van der Waals surface area (Å²) in [6.07, 6.45) is -1.62. The van der Waals surface area contributed by atoms with Crippen molar-refractivity contribution in [2.24, 2.45) is 0 Å². The first-order valence-corrected chi connectivity index (χ1v) is 9.57. The maximum absolute atomic E-state index is 13.3. The molecule has 0 bridgehead atoms. The highest BCUT2D eigenvalue weighted by Crippen LogP contribution is 2.26. The molecule has 0 aliphatic rings. The van der Waals surface area contributed by atoms with Gasteiger partial charge in [0.1, 0.15) is 11.3 Å². The van der Waals surface area contributed by atoms with Gasteiger partial charge in [0.15, 0.2) is 11.4 Å². The highest BCUT2D eigenvalue weighted by atomic mass is 35.5. The molecule has 0 saturated heterocycles. The lowest BCUT2D eigenvalue weighted by molar-refractivity contribution is 0.102. The average molecular weight is 441 g/mol. The Morgan fingerprint density at radius 3 is 2.52 bits per heavy atom. The average Bonchev–Trinajstić information content (AvgIpc) is 3.18.